The fourth-order valence-corrected chi connectivity index (χ4v) is 3.49. The van der Waals surface area contributed by atoms with Crippen LogP contribution in [0.2, 0.25) is 0 Å². The van der Waals surface area contributed by atoms with Crippen LogP contribution in [0, 0.1) is 5.41 Å². The lowest BCUT2D eigenvalue weighted by Gasteiger charge is -2.31. The summed E-state index contributed by atoms with van der Waals surface area (Å²) in [5.74, 6) is -1.92. The van der Waals surface area contributed by atoms with Crippen LogP contribution in [-0.4, -0.2) is 40.5 Å². The summed E-state index contributed by atoms with van der Waals surface area (Å²) in [6.07, 6.45) is 5.18. The molecule has 1 aromatic heterocycles. The zero-order chi connectivity index (χ0) is 23.2. The molecule has 2 aromatic rings. The number of carbonyl (C=O) groups is 3. The average molecular weight is 428 g/mol. The quantitative estimate of drug-likeness (QED) is 0.571. The molecule has 31 heavy (non-hydrogen) atoms. The summed E-state index contributed by atoms with van der Waals surface area (Å²) in [5, 5.41) is 14.7. The molecule has 2 amide bonds. The van der Waals surface area contributed by atoms with Gasteiger partial charge in [0.1, 0.15) is 12.1 Å². The van der Waals surface area contributed by atoms with E-state index in [4.69, 9.17) is 0 Å². The Morgan fingerprint density at radius 2 is 1.68 bits per heavy atom. The fraction of sp³-hybridized carbons (Fsp3) is 0.458. The van der Waals surface area contributed by atoms with Crippen molar-refractivity contribution in [1.82, 2.24) is 15.2 Å². The lowest BCUT2D eigenvalue weighted by atomic mass is 9.86. The van der Waals surface area contributed by atoms with Crippen molar-refractivity contribution in [2.75, 3.05) is 7.05 Å². The van der Waals surface area contributed by atoms with E-state index in [1.54, 1.807) is 17.0 Å². The fourth-order valence-electron chi connectivity index (χ4n) is 3.49. The molecule has 0 fully saturated rings. The number of rotatable bonds is 9. The lowest BCUT2D eigenvalue weighted by molar-refractivity contribution is -0.141. The Labute approximate surface area is 183 Å². The van der Waals surface area contributed by atoms with Gasteiger partial charge in [-0.05, 0) is 34.6 Å². The molecule has 1 heterocycles. The number of carboxylic acid groups (broad SMARTS) is 1. The largest absolute Gasteiger partial charge is 0.481 e. The van der Waals surface area contributed by atoms with Crippen LogP contribution in [0.3, 0.4) is 0 Å². The first kappa shape index (κ1) is 24.2. The summed E-state index contributed by atoms with van der Waals surface area (Å²) in [6, 6.07) is 8.31. The van der Waals surface area contributed by atoms with Crippen molar-refractivity contribution in [3.05, 3.63) is 48.3 Å². The maximum atomic E-state index is 13.0. The maximum Gasteiger partial charge on any atom is 0.306 e. The molecule has 2 rings (SSSR count). The molecule has 168 valence electrons. The number of likely N-dealkylation sites (N-methyl/N-ethyl adjacent to an activating group) is 1. The van der Waals surface area contributed by atoms with Gasteiger partial charge in [-0.25, -0.2) is 0 Å². The summed E-state index contributed by atoms with van der Waals surface area (Å²) in [7, 11) is 1.51. The average Bonchev–Trinajstić information content (AvgIpc) is 3.19. The number of carboxylic acids is 1. The van der Waals surface area contributed by atoms with Gasteiger partial charge in [-0.1, -0.05) is 58.4 Å². The third-order valence-corrected chi connectivity index (χ3v) is 5.23. The number of hydrogen-bond donors (Lipinski definition) is 3. The van der Waals surface area contributed by atoms with Gasteiger partial charge >= 0.3 is 5.97 Å². The third-order valence-electron chi connectivity index (χ3n) is 5.23. The summed E-state index contributed by atoms with van der Waals surface area (Å²) in [4.78, 5) is 36.8. The molecule has 0 saturated heterocycles. The monoisotopic (exact) mass is 427 g/mol. The highest BCUT2D eigenvalue weighted by atomic mass is 16.4. The summed E-state index contributed by atoms with van der Waals surface area (Å²) >= 11 is 0. The van der Waals surface area contributed by atoms with Gasteiger partial charge in [0.05, 0.1) is 6.42 Å². The summed E-state index contributed by atoms with van der Waals surface area (Å²) < 4.78 is 1.60. The minimum Gasteiger partial charge on any atom is -0.481 e. The first-order chi connectivity index (χ1) is 14.6. The zero-order valence-corrected chi connectivity index (χ0v) is 18.9. The van der Waals surface area contributed by atoms with Crippen molar-refractivity contribution in [2.45, 2.75) is 59.0 Å². The predicted octanol–water partition coefficient (Wildman–Crippen LogP) is 3.40. The normalized spacial score (nSPS) is 13.3. The van der Waals surface area contributed by atoms with Gasteiger partial charge in [0.15, 0.2) is 0 Å². The van der Waals surface area contributed by atoms with Crippen molar-refractivity contribution in [3.8, 4) is 11.1 Å². The minimum atomic E-state index is -1.09. The van der Waals surface area contributed by atoms with Gasteiger partial charge in [0, 0.05) is 19.4 Å². The van der Waals surface area contributed by atoms with Crippen LogP contribution in [-0.2, 0) is 20.8 Å². The van der Waals surface area contributed by atoms with Crippen LogP contribution in [0.5, 0.6) is 0 Å². The molecule has 7 heteroatoms. The molecule has 0 aliphatic heterocycles. The van der Waals surface area contributed by atoms with E-state index >= 15 is 0 Å². The predicted molar refractivity (Wildman–Crippen MR) is 121 cm³/mol. The number of benzene rings is 1. The third kappa shape index (κ3) is 6.44. The molecule has 2 atom stereocenters. The number of aromatic nitrogens is 1. The van der Waals surface area contributed by atoms with Crippen molar-refractivity contribution in [2.24, 2.45) is 5.41 Å². The molecule has 0 saturated carbocycles. The van der Waals surface area contributed by atoms with Crippen LogP contribution in [0.25, 0.3) is 11.1 Å². The number of aryl methyl sites for hydroxylation is 1. The van der Waals surface area contributed by atoms with Crippen LogP contribution in [0.4, 0.5) is 0 Å². The molecule has 0 bridgehead atoms. The Bertz CT molecular complexity index is 910. The van der Waals surface area contributed by atoms with Gasteiger partial charge in [0.2, 0.25) is 11.8 Å². The molecule has 0 spiro atoms. The maximum absolute atomic E-state index is 13.0. The van der Waals surface area contributed by atoms with Crippen LogP contribution < -0.4 is 10.6 Å². The van der Waals surface area contributed by atoms with E-state index in [2.05, 4.69) is 29.7 Å². The molecule has 0 aliphatic carbocycles. The minimum absolute atomic E-state index is 0.324. The Morgan fingerprint density at radius 1 is 1.03 bits per heavy atom. The van der Waals surface area contributed by atoms with Gasteiger partial charge in [-0.2, -0.15) is 0 Å². The van der Waals surface area contributed by atoms with Crippen LogP contribution >= 0.6 is 0 Å². The molecular formula is C24H33N3O4. The number of hydrogen-bond acceptors (Lipinski definition) is 3. The van der Waals surface area contributed by atoms with Gasteiger partial charge in [0.25, 0.3) is 0 Å². The van der Waals surface area contributed by atoms with E-state index < -0.39 is 29.4 Å². The summed E-state index contributed by atoms with van der Waals surface area (Å²) in [6.45, 7) is 7.66. The second-order valence-electron chi connectivity index (χ2n) is 8.83. The molecule has 0 aliphatic rings. The van der Waals surface area contributed by atoms with Crippen molar-refractivity contribution in [3.63, 3.8) is 0 Å². The lowest BCUT2D eigenvalue weighted by Crippen LogP contribution is -2.54. The van der Waals surface area contributed by atoms with Crippen molar-refractivity contribution < 1.29 is 19.5 Å². The highest BCUT2D eigenvalue weighted by molar-refractivity contribution is 5.91. The first-order valence-corrected chi connectivity index (χ1v) is 10.6. The Morgan fingerprint density at radius 3 is 2.19 bits per heavy atom. The van der Waals surface area contributed by atoms with E-state index in [1.807, 2.05) is 39.0 Å². The van der Waals surface area contributed by atoms with Crippen LogP contribution in [0.15, 0.2) is 42.7 Å². The van der Waals surface area contributed by atoms with E-state index in [9.17, 15) is 19.5 Å². The second kappa shape index (κ2) is 10.3. The van der Waals surface area contributed by atoms with Crippen molar-refractivity contribution >= 4 is 17.8 Å². The SMILES string of the molecule is CCCc1ccc(-c2ccn(C(CC(=O)O)C(=O)NC(C(=O)NC)C(C)(C)C)c2)cc1. The van der Waals surface area contributed by atoms with Gasteiger partial charge in [-0.3, -0.25) is 14.4 Å². The van der Waals surface area contributed by atoms with E-state index in [1.165, 1.54) is 12.6 Å². The van der Waals surface area contributed by atoms with E-state index in [-0.39, 0.29) is 12.3 Å². The molecule has 3 N–H and O–H groups in total. The molecule has 7 nitrogen and oxygen atoms in total. The van der Waals surface area contributed by atoms with Crippen molar-refractivity contribution in [1.29, 1.82) is 0 Å². The highest BCUT2D eigenvalue weighted by Gasteiger charge is 2.35. The Balaban J connectivity index is 2.29. The first-order valence-electron chi connectivity index (χ1n) is 10.6. The van der Waals surface area contributed by atoms with E-state index in [0.29, 0.717) is 0 Å². The standard InChI is InChI=1S/C24H33N3O4/c1-6-7-16-8-10-17(11-9-16)18-12-13-27(15-18)19(14-20(28)29)22(30)26-21(23(31)25-5)24(2,3)4/h8-13,15,19,21H,6-7,14H2,1-5H3,(H,25,31)(H,26,30)(H,28,29). The van der Waals surface area contributed by atoms with E-state index in [0.717, 1.165) is 24.0 Å². The van der Waals surface area contributed by atoms with Gasteiger partial charge < -0.3 is 20.3 Å². The second-order valence-corrected chi connectivity index (χ2v) is 8.83. The summed E-state index contributed by atoms with van der Waals surface area (Å²) in [5.41, 5.74) is 2.61. The molecule has 0 radical (unpaired) electrons. The Hall–Kier alpha value is -3.09. The number of amides is 2. The Kier molecular flexibility index (Phi) is 8.02. The topological polar surface area (TPSA) is 100 Å². The smallest absolute Gasteiger partial charge is 0.306 e. The van der Waals surface area contributed by atoms with Crippen LogP contribution in [0.1, 0.15) is 52.1 Å². The molecular weight excluding hydrogens is 394 g/mol. The number of nitrogens with zero attached hydrogens (tertiary/aromatic N) is 1. The number of nitrogens with one attached hydrogen (secondary N) is 2. The number of aliphatic carboxylic acids is 1. The zero-order valence-electron chi connectivity index (χ0n) is 18.9. The number of carbonyl (C=O) groups excluding carboxylic acids is 2. The highest BCUT2D eigenvalue weighted by Crippen LogP contribution is 2.25. The molecule has 2 unspecified atom stereocenters. The molecule has 1 aromatic carbocycles. The van der Waals surface area contributed by atoms with Gasteiger partial charge in [-0.15, -0.1) is 0 Å².